The molecule has 0 aromatic heterocycles. The van der Waals surface area contributed by atoms with Crippen LogP contribution in [0.5, 0.6) is 11.5 Å². The number of rotatable bonds is 4. The molecule has 1 aliphatic rings. The largest absolute Gasteiger partial charge is 0.493 e. The normalized spacial score (nSPS) is 20.4. The number of hydrogen-bond donors (Lipinski definition) is 2. The molecule has 2 N–H and O–H groups in total. The molecule has 132 valence electrons. The number of carbonyl (C=O) groups is 2. The van der Waals surface area contributed by atoms with Crippen LogP contribution in [0.15, 0.2) is 12.1 Å². The van der Waals surface area contributed by atoms with E-state index >= 15 is 0 Å². The number of hydrogen-bond acceptors (Lipinski definition) is 4. The molecule has 1 saturated heterocycles. The monoisotopic (exact) mass is 340 g/mol. The van der Waals surface area contributed by atoms with Crippen molar-refractivity contribution in [1.82, 2.24) is 4.90 Å². The van der Waals surface area contributed by atoms with Gasteiger partial charge in [0.25, 0.3) is 0 Å². The maximum absolute atomic E-state index is 14.1. The van der Waals surface area contributed by atoms with Crippen LogP contribution < -0.4 is 14.8 Å². The molecule has 1 aliphatic heterocycles. The number of carboxylic acid groups (broad SMARTS) is 1. The summed E-state index contributed by atoms with van der Waals surface area (Å²) in [6, 6.07) is 1.90. The first-order valence-corrected chi connectivity index (χ1v) is 7.56. The van der Waals surface area contributed by atoms with Gasteiger partial charge in [0.1, 0.15) is 0 Å². The van der Waals surface area contributed by atoms with Crippen molar-refractivity contribution in [3.8, 4) is 11.5 Å². The molecule has 1 aromatic rings. The fraction of sp³-hybridized carbons (Fsp3) is 0.500. The van der Waals surface area contributed by atoms with Gasteiger partial charge in [-0.2, -0.15) is 0 Å². The first-order chi connectivity index (χ1) is 11.3. The van der Waals surface area contributed by atoms with Crippen molar-refractivity contribution in [2.75, 3.05) is 32.6 Å². The van der Waals surface area contributed by atoms with E-state index in [2.05, 4.69) is 5.32 Å². The molecule has 2 atom stereocenters. The molecule has 8 heteroatoms. The summed E-state index contributed by atoms with van der Waals surface area (Å²) in [4.78, 5) is 24.9. The van der Waals surface area contributed by atoms with Crippen LogP contribution in [0.4, 0.5) is 14.9 Å². The van der Waals surface area contributed by atoms with Crippen LogP contribution in [0.3, 0.4) is 0 Å². The fourth-order valence-corrected chi connectivity index (χ4v) is 2.84. The third-order valence-corrected chi connectivity index (χ3v) is 4.01. The van der Waals surface area contributed by atoms with E-state index in [0.29, 0.717) is 13.0 Å². The Kier molecular flexibility index (Phi) is 5.48. The second-order valence-electron chi connectivity index (χ2n) is 5.90. The fourth-order valence-electron chi connectivity index (χ4n) is 2.84. The summed E-state index contributed by atoms with van der Waals surface area (Å²) < 4.78 is 24.2. The van der Waals surface area contributed by atoms with E-state index in [1.54, 1.807) is 0 Å². The van der Waals surface area contributed by atoms with Crippen molar-refractivity contribution in [2.45, 2.75) is 13.3 Å². The molecule has 0 aliphatic carbocycles. The highest BCUT2D eigenvalue weighted by Gasteiger charge is 2.32. The number of carboxylic acids is 1. The summed E-state index contributed by atoms with van der Waals surface area (Å²) in [5.41, 5.74) is -0.0530. The Balaban J connectivity index is 2.15. The molecular formula is C16H21FN2O5. The van der Waals surface area contributed by atoms with Gasteiger partial charge in [-0.05, 0) is 12.3 Å². The van der Waals surface area contributed by atoms with Gasteiger partial charge in [-0.1, -0.05) is 6.92 Å². The van der Waals surface area contributed by atoms with E-state index in [1.807, 2.05) is 6.92 Å². The third kappa shape index (κ3) is 3.87. The van der Waals surface area contributed by atoms with Crippen LogP contribution in [0.1, 0.15) is 13.3 Å². The Morgan fingerprint density at radius 1 is 1.25 bits per heavy atom. The predicted octanol–water partition coefficient (Wildman–Crippen LogP) is 2.42. The van der Waals surface area contributed by atoms with Crippen LogP contribution >= 0.6 is 0 Å². The Labute approximate surface area is 139 Å². The lowest BCUT2D eigenvalue weighted by atomic mass is 9.91. The van der Waals surface area contributed by atoms with Crippen molar-refractivity contribution in [1.29, 1.82) is 0 Å². The van der Waals surface area contributed by atoms with Gasteiger partial charge in [0.15, 0.2) is 17.3 Å². The molecule has 0 saturated carbocycles. The van der Waals surface area contributed by atoms with Gasteiger partial charge in [-0.3, -0.25) is 4.79 Å². The highest BCUT2D eigenvalue weighted by atomic mass is 19.1. The van der Waals surface area contributed by atoms with E-state index in [0.717, 1.165) is 6.07 Å². The van der Waals surface area contributed by atoms with Gasteiger partial charge in [0, 0.05) is 25.2 Å². The van der Waals surface area contributed by atoms with Crippen LogP contribution in [-0.2, 0) is 4.79 Å². The number of nitrogens with zero attached hydrogens (tertiary/aromatic N) is 1. The second kappa shape index (κ2) is 7.37. The first-order valence-electron chi connectivity index (χ1n) is 7.56. The zero-order chi connectivity index (χ0) is 17.9. The molecule has 1 fully saturated rings. The molecule has 2 amide bonds. The molecule has 0 spiro atoms. The predicted molar refractivity (Wildman–Crippen MR) is 85.0 cm³/mol. The van der Waals surface area contributed by atoms with Gasteiger partial charge in [-0.25, -0.2) is 9.18 Å². The van der Waals surface area contributed by atoms with Crippen LogP contribution in [0, 0.1) is 17.7 Å². The number of urea groups is 1. The number of halogens is 1. The summed E-state index contributed by atoms with van der Waals surface area (Å²) in [5.74, 6) is -1.66. The number of amides is 2. The van der Waals surface area contributed by atoms with Crippen molar-refractivity contribution < 1.29 is 28.6 Å². The molecule has 1 heterocycles. The number of nitrogens with one attached hydrogen (secondary N) is 1. The van der Waals surface area contributed by atoms with Gasteiger partial charge < -0.3 is 24.8 Å². The number of piperidine rings is 1. The second-order valence-corrected chi connectivity index (χ2v) is 5.90. The Morgan fingerprint density at radius 2 is 1.88 bits per heavy atom. The number of methoxy groups -OCH3 is 2. The zero-order valence-electron chi connectivity index (χ0n) is 13.8. The number of anilines is 1. The quantitative estimate of drug-likeness (QED) is 0.879. The van der Waals surface area contributed by atoms with E-state index in [9.17, 15) is 14.0 Å². The number of ether oxygens (including phenoxy) is 2. The minimum atomic E-state index is -0.934. The molecule has 24 heavy (non-hydrogen) atoms. The minimum absolute atomic E-state index is 0.0530. The molecule has 0 radical (unpaired) electrons. The molecular weight excluding hydrogens is 319 g/mol. The van der Waals surface area contributed by atoms with E-state index < -0.39 is 23.7 Å². The Hall–Kier alpha value is -2.51. The van der Waals surface area contributed by atoms with E-state index in [4.69, 9.17) is 14.6 Å². The summed E-state index contributed by atoms with van der Waals surface area (Å²) in [6.45, 7) is 2.40. The van der Waals surface area contributed by atoms with Crippen molar-refractivity contribution in [2.24, 2.45) is 11.8 Å². The third-order valence-electron chi connectivity index (χ3n) is 4.01. The summed E-state index contributed by atoms with van der Waals surface area (Å²) in [5, 5.41) is 11.6. The average molecular weight is 340 g/mol. The maximum atomic E-state index is 14.1. The van der Waals surface area contributed by atoms with E-state index in [-0.39, 0.29) is 29.6 Å². The van der Waals surface area contributed by atoms with Crippen LogP contribution in [-0.4, -0.2) is 49.3 Å². The lowest BCUT2D eigenvalue weighted by Crippen LogP contribution is -2.47. The summed E-state index contributed by atoms with van der Waals surface area (Å²) in [6.07, 6.45) is 0.518. The number of aliphatic carboxylic acids is 1. The van der Waals surface area contributed by atoms with Gasteiger partial charge in [0.05, 0.1) is 25.8 Å². The average Bonchev–Trinajstić information content (AvgIpc) is 2.55. The Morgan fingerprint density at radius 3 is 2.46 bits per heavy atom. The van der Waals surface area contributed by atoms with Gasteiger partial charge in [0.2, 0.25) is 0 Å². The molecule has 0 bridgehead atoms. The first kappa shape index (κ1) is 17.8. The molecule has 2 unspecified atom stereocenters. The maximum Gasteiger partial charge on any atom is 0.321 e. The number of carbonyl (C=O) groups excluding carboxylic acids is 1. The van der Waals surface area contributed by atoms with Gasteiger partial charge >= 0.3 is 12.0 Å². The summed E-state index contributed by atoms with van der Waals surface area (Å²) in [7, 11) is 2.79. The van der Waals surface area contributed by atoms with Crippen molar-refractivity contribution >= 4 is 17.7 Å². The molecule has 1 aromatic carbocycles. The van der Waals surface area contributed by atoms with Crippen molar-refractivity contribution in [3.05, 3.63) is 17.9 Å². The van der Waals surface area contributed by atoms with E-state index in [1.165, 1.54) is 25.2 Å². The SMILES string of the molecule is COc1cc(F)c(NC(=O)N2CC(C)CC(C(=O)O)C2)cc1OC. The zero-order valence-corrected chi connectivity index (χ0v) is 13.8. The molecule has 2 rings (SSSR count). The van der Waals surface area contributed by atoms with Crippen LogP contribution in [0.2, 0.25) is 0 Å². The highest BCUT2D eigenvalue weighted by Crippen LogP contribution is 2.32. The summed E-state index contributed by atoms with van der Waals surface area (Å²) >= 11 is 0. The standard InChI is InChI=1S/C16H21FN2O5/c1-9-4-10(15(20)21)8-19(7-9)16(22)18-12-6-14(24-3)13(23-2)5-11(12)17/h5-6,9-10H,4,7-8H2,1-3H3,(H,18,22)(H,20,21). The Bertz CT molecular complexity index is 637. The van der Waals surface area contributed by atoms with Crippen molar-refractivity contribution in [3.63, 3.8) is 0 Å². The topological polar surface area (TPSA) is 88.1 Å². The lowest BCUT2D eigenvalue weighted by molar-refractivity contribution is -0.143. The smallest absolute Gasteiger partial charge is 0.321 e. The van der Waals surface area contributed by atoms with Crippen LogP contribution in [0.25, 0.3) is 0 Å². The lowest BCUT2D eigenvalue weighted by Gasteiger charge is -2.34. The number of likely N-dealkylation sites (tertiary alicyclic amines) is 1. The van der Waals surface area contributed by atoms with Gasteiger partial charge in [-0.15, -0.1) is 0 Å². The highest BCUT2D eigenvalue weighted by molar-refractivity contribution is 5.90. The minimum Gasteiger partial charge on any atom is -0.493 e. The number of benzene rings is 1. The molecule has 7 nitrogen and oxygen atoms in total.